The zero-order chi connectivity index (χ0) is 18.7. The summed E-state index contributed by atoms with van der Waals surface area (Å²) in [5, 5.41) is 4.43. The number of amides is 1. The van der Waals surface area contributed by atoms with Crippen molar-refractivity contribution >= 4 is 27.5 Å². The average molecular weight is 373 g/mol. The quantitative estimate of drug-likeness (QED) is 0.660. The van der Waals surface area contributed by atoms with Gasteiger partial charge in [0.15, 0.2) is 0 Å². The van der Waals surface area contributed by atoms with Gasteiger partial charge in [-0.3, -0.25) is 14.2 Å². The molecule has 136 valence electrons. The van der Waals surface area contributed by atoms with Crippen LogP contribution < -0.4 is 16.6 Å². The summed E-state index contributed by atoms with van der Waals surface area (Å²) in [5.41, 5.74) is 0.985. The van der Waals surface area contributed by atoms with E-state index < -0.39 is 5.69 Å². The third-order valence-electron chi connectivity index (χ3n) is 3.94. The molecule has 1 aromatic carbocycles. The number of carbonyl (C=O) groups excluding carboxylic acids is 1. The van der Waals surface area contributed by atoms with Crippen molar-refractivity contribution in [2.45, 2.75) is 13.5 Å². The molecule has 0 fully saturated rings. The Bertz CT molecular complexity index is 1060. The van der Waals surface area contributed by atoms with Crippen molar-refractivity contribution < 1.29 is 9.53 Å². The van der Waals surface area contributed by atoms with E-state index in [0.29, 0.717) is 29.1 Å². The zero-order valence-corrected chi connectivity index (χ0v) is 15.3. The number of nitrogens with zero attached hydrogens (tertiary/aromatic N) is 2. The van der Waals surface area contributed by atoms with E-state index in [2.05, 4.69) is 5.32 Å². The normalized spacial score (nSPS) is 11.0. The molecule has 0 aliphatic heterocycles. The third-order valence-corrected chi connectivity index (χ3v) is 4.84. The van der Waals surface area contributed by atoms with Crippen LogP contribution in [0.15, 0.2) is 45.3 Å². The van der Waals surface area contributed by atoms with Crippen molar-refractivity contribution in [2.75, 3.05) is 20.3 Å². The Hall–Kier alpha value is -2.71. The number of hydrogen-bond acceptors (Lipinski definition) is 5. The maximum atomic E-state index is 13.0. The summed E-state index contributed by atoms with van der Waals surface area (Å²) < 4.78 is 7.79. The predicted molar refractivity (Wildman–Crippen MR) is 101 cm³/mol. The molecule has 2 heterocycles. The van der Waals surface area contributed by atoms with Crippen LogP contribution in [-0.4, -0.2) is 35.3 Å². The molecule has 2 aromatic heterocycles. The number of benzene rings is 1. The predicted octanol–water partition coefficient (Wildman–Crippen LogP) is 1.28. The van der Waals surface area contributed by atoms with Crippen molar-refractivity contribution in [1.29, 1.82) is 0 Å². The number of methoxy groups -OCH3 is 1. The molecular weight excluding hydrogens is 354 g/mol. The molecule has 8 heteroatoms. The Morgan fingerprint density at radius 2 is 2.08 bits per heavy atom. The van der Waals surface area contributed by atoms with Crippen LogP contribution in [0.3, 0.4) is 0 Å². The average Bonchev–Trinajstić information content (AvgIpc) is 3.09. The van der Waals surface area contributed by atoms with E-state index in [1.54, 1.807) is 36.8 Å². The Balaban J connectivity index is 2.12. The van der Waals surface area contributed by atoms with E-state index in [1.807, 2.05) is 13.0 Å². The molecule has 0 aliphatic carbocycles. The Morgan fingerprint density at radius 3 is 2.81 bits per heavy atom. The molecule has 0 saturated heterocycles. The van der Waals surface area contributed by atoms with Gasteiger partial charge in [0, 0.05) is 13.7 Å². The monoisotopic (exact) mass is 373 g/mol. The van der Waals surface area contributed by atoms with Crippen LogP contribution in [0.2, 0.25) is 0 Å². The van der Waals surface area contributed by atoms with Crippen molar-refractivity contribution in [2.24, 2.45) is 0 Å². The minimum Gasteiger partial charge on any atom is -0.383 e. The summed E-state index contributed by atoms with van der Waals surface area (Å²) in [6, 6.07) is 8.84. The molecule has 0 spiro atoms. The first-order chi connectivity index (χ1) is 12.5. The molecule has 1 amide bonds. The molecule has 0 radical (unpaired) electrons. The van der Waals surface area contributed by atoms with E-state index in [1.165, 1.54) is 15.9 Å². The summed E-state index contributed by atoms with van der Waals surface area (Å²) in [6.07, 6.45) is 0. The minimum atomic E-state index is -0.534. The van der Waals surface area contributed by atoms with Gasteiger partial charge in [-0.15, -0.1) is 11.3 Å². The fourth-order valence-corrected chi connectivity index (χ4v) is 3.55. The van der Waals surface area contributed by atoms with Crippen LogP contribution in [0.25, 0.3) is 15.9 Å². The van der Waals surface area contributed by atoms with Crippen LogP contribution in [-0.2, 0) is 16.1 Å². The highest BCUT2D eigenvalue weighted by Gasteiger charge is 2.17. The topological polar surface area (TPSA) is 82.3 Å². The Morgan fingerprint density at radius 1 is 1.27 bits per heavy atom. The van der Waals surface area contributed by atoms with Crippen LogP contribution >= 0.6 is 11.3 Å². The van der Waals surface area contributed by atoms with Gasteiger partial charge in [-0.2, -0.15) is 0 Å². The first-order valence-corrected chi connectivity index (χ1v) is 8.96. The number of thiophene rings is 1. The number of fused-ring (bicyclic) bond motifs is 1. The number of aromatic nitrogens is 2. The molecule has 3 rings (SSSR count). The van der Waals surface area contributed by atoms with Crippen molar-refractivity contribution in [3.8, 4) is 5.69 Å². The fraction of sp³-hybridized carbons (Fsp3) is 0.278. The van der Waals surface area contributed by atoms with E-state index in [4.69, 9.17) is 4.74 Å². The maximum absolute atomic E-state index is 13.0. The van der Waals surface area contributed by atoms with Gasteiger partial charge >= 0.3 is 5.69 Å². The summed E-state index contributed by atoms with van der Waals surface area (Å²) in [7, 11) is 1.54. The van der Waals surface area contributed by atoms with Gasteiger partial charge in [0.05, 0.1) is 17.8 Å². The summed E-state index contributed by atoms with van der Waals surface area (Å²) in [5.74, 6) is -0.314. The second-order valence-electron chi connectivity index (χ2n) is 5.83. The Kier molecular flexibility index (Phi) is 5.34. The van der Waals surface area contributed by atoms with Crippen LogP contribution in [0.5, 0.6) is 0 Å². The molecular formula is C18H19N3O4S. The largest absolute Gasteiger partial charge is 0.383 e. The van der Waals surface area contributed by atoms with Gasteiger partial charge in [0.2, 0.25) is 5.91 Å². The first kappa shape index (κ1) is 18.1. The van der Waals surface area contributed by atoms with E-state index in [9.17, 15) is 14.4 Å². The van der Waals surface area contributed by atoms with Gasteiger partial charge in [0.25, 0.3) is 5.56 Å². The lowest BCUT2D eigenvalue weighted by molar-refractivity contribution is -0.121. The maximum Gasteiger partial charge on any atom is 0.336 e. The zero-order valence-electron chi connectivity index (χ0n) is 14.5. The molecule has 3 aromatic rings. The second kappa shape index (κ2) is 7.67. The van der Waals surface area contributed by atoms with E-state index >= 15 is 0 Å². The van der Waals surface area contributed by atoms with Gasteiger partial charge in [0.1, 0.15) is 11.2 Å². The van der Waals surface area contributed by atoms with Gasteiger partial charge < -0.3 is 10.1 Å². The highest BCUT2D eigenvalue weighted by Crippen LogP contribution is 2.16. The highest BCUT2D eigenvalue weighted by atomic mass is 32.1. The summed E-state index contributed by atoms with van der Waals surface area (Å²) in [6.45, 7) is 2.47. The van der Waals surface area contributed by atoms with Crippen LogP contribution in [0, 0.1) is 6.92 Å². The molecule has 0 unspecified atom stereocenters. The lowest BCUT2D eigenvalue weighted by atomic mass is 10.2. The van der Waals surface area contributed by atoms with E-state index in [-0.39, 0.29) is 18.0 Å². The number of rotatable bonds is 6. The fourth-order valence-electron chi connectivity index (χ4n) is 2.73. The van der Waals surface area contributed by atoms with Crippen LogP contribution in [0.1, 0.15) is 5.56 Å². The number of ether oxygens (including phenoxy) is 1. The molecule has 1 N–H and O–H groups in total. The molecule has 0 atom stereocenters. The lowest BCUT2D eigenvalue weighted by Gasteiger charge is -2.12. The molecule has 7 nitrogen and oxygen atoms in total. The van der Waals surface area contributed by atoms with E-state index in [0.717, 1.165) is 10.1 Å². The number of aryl methyl sites for hydroxylation is 1. The summed E-state index contributed by atoms with van der Waals surface area (Å²) >= 11 is 1.25. The number of carbonyl (C=O) groups is 1. The SMILES string of the molecule is COCCNC(=O)Cn1c(=O)n(-c2cccc(C)c2)c(=O)c2sccc21. The highest BCUT2D eigenvalue weighted by molar-refractivity contribution is 7.17. The van der Waals surface area contributed by atoms with Crippen molar-refractivity contribution in [3.05, 3.63) is 62.1 Å². The first-order valence-electron chi connectivity index (χ1n) is 8.08. The molecule has 0 saturated carbocycles. The van der Waals surface area contributed by atoms with Gasteiger partial charge in [-0.05, 0) is 36.1 Å². The second-order valence-corrected chi connectivity index (χ2v) is 6.74. The molecule has 0 aliphatic rings. The summed E-state index contributed by atoms with van der Waals surface area (Å²) in [4.78, 5) is 38.0. The third kappa shape index (κ3) is 3.47. The smallest absolute Gasteiger partial charge is 0.336 e. The lowest BCUT2D eigenvalue weighted by Crippen LogP contribution is -2.41. The Labute approximate surface area is 153 Å². The van der Waals surface area contributed by atoms with Crippen molar-refractivity contribution in [3.63, 3.8) is 0 Å². The number of hydrogen-bond donors (Lipinski definition) is 1. The van der Waals surface area contributed by atoms with Gasteiger partial charge in [-0.25, -0.2) is 9.36 Å². The van der Waals surface area contributed by atoms with Gasteiger partial charge in [-0.1, -0.05) is 12.1 Å². The minimum absolute atomic E-state index is 0.165. The molecule has 0 bridgehead atoms. The number of nitrogens with one attached hydrogen (secondary N) is 1. The standard InChI is InChI=1S/C18H19N3O4S/c1-12-4-3-5-13(10-12)21-17(23)16-14(6-9-26-16)20(18(21)24)11-15(22)19-7-8-25-2/h3-6,9-10H,7-8,11H2,1-2H3,(H,19,22). The van der Waals surface area contributed by atoms with Crippen molar-refractivity contribution in [1.82, 2.24) is 14.5 Å². The van der Waals surface area contributed by atoms with Crippen LogP contribution in [0.4, 0.5) is 0 Å². The molecule has 26 heavy (non-hydrogen) atoms.